The van der Waals surface area contributed by atoms with Gasteiger partial charge in [0.25, 0.3) is 6.47 Å². The molecule has 0 aliphatic heterocycles. The molecule has 0 saturated carbocycles. The van der Waals surface area contributed by atoms with E-state index in [1.54, 1.807) is 25.4 Å². The van der Waals surface area contributed by atoms with Crippen molar-refractivity contribution in [1.29, 1.82) is 0 Å². The molecule has 0 radical (unpaired) electrons. The van der Waals surface area contributed by atoms with Crippen LogP contribution < -0.4 is 4.74 Å². The van der Waals surface area contributed by atoms with Crippen LogP contribution in [0.5, 0.6) is 5.75 Å². The van der Waals surface area contributed by atoms with Crippen LogP contribution in [0.3, 0.4) is 0 Å². The summed E-state index contributed by atoms with van der Waals surface area (Å²) in [6, 6.07) is 3.60. The minimum Gasteiger partial charge on any atom is -0.497 e. The number of methoxy groups -OCH3 is 1. The lowest BCUT2D eigenvalue weighted by atomic mass is 10.5. The number of ether oxygens (including phenoxy) is 1. The summed E-state index contributed by atoms with van der Waals surface area (Å²) in [6.07, 6.45) is 1.68. The summed E-state index contributed by atoms with van der Waals surface area (Å²) >= 11 is 3.21. The minimum atomic E-state index is -0.250. The SMILES string of the molecule is COc1ccnc(Br)c1.O=CO. The van der Waals surface area contributed by atoms with E-state index >= 15 is 0 Å². The highest BCUT2D eigenvalue weighted by molar-refractivity contribution is 9.10. The van der Waals surface area contributed by atoms with Crippen LogP contribution in [0.25, 0.3) is 0 Å². The van der Waals surface area contributed by atoms with Gasteiger partial charge in [-0.2, -0.15) is 0 Å². The van der Waals surface area contributed by atoms with Gasteiger partial charge < -0.3 is 9.84 Å². The third-order valence-electron chi connectivity index (χ3n) is 0.934. The van der Waals surface area contributed by atoms with Crippen molar-refractivity contribution in [1.82, 2.24) is 4.98 Å². The van der Waals surface area contributed by atoms with Gasteiger partial charge in [0.1, 0.15) is 10.4 Å². The molecule has 0 atom stereocenters. The van der Waals surface area contributed by atoms with Crippen molar-refractivity contribution < 1.29 is 14.6 Å². The molecule has 1 heterocycles. The average Bonchev–Trinajstić information content (AvgIpc) is 2.06. The summed E-state index contributed by atoms with van der Waals surface area (Å²) in [4.78, 5) is 12.3. The molecule has 4 nitrogen and oxygen atoms in total. The first-order chi connectivity index (χ1) is 5.74. The van der Waals surface area contributed by atoms with E-state index in [0.717, 1.165) is 10.4 Å². The Morgan fingerprint density at radius 1 is 1.75 bits per heavy atom. The third kappa shape index (κ3) is 4.68. The number of halogens is 1. The maximum absolute atomic E-state index is 8.36. The summed E-state index contributed by atoms with van der Waals surface area (Å²) in [7, 11) is 1.63. The van der Waals surface area contributed by atoms with Crippen molar-refractivity contribution in [2.45, 2.75) is 0 Å². The van der Waals surface area contributed by atoms with Crippen LogP contribution in [-0.2, 0) is 4.79 Å². The minimum absolute atomic E-state index is 0.250. The zero-order chi connectivity index (χ0) is 9.40. The van der Waals surface area contributed by atoms with Gasteiger partial charge >= 0.3 is 0 Å². The molecular weight excluding hydrogens is 226 g/mol. The van der Waals surface area contributed by atoms with Crippen molar-refractivity contribution >= 4 is 22.4 Å². The third-order valence-corrected chi connectivity index (χ3v) is 1.37. The van der Waals surface area contributed by atoms with Crippen molar-refractivity contribution in [3.63, 3.8) is 0 Å². The normalized spacial score (nSPS) is 7.83. The number of hydrogen-bond acceptors (Lipinski definition) is 3. The van der Waals surface area contributed by atoms with E-state index in [0.29, 0.717) is 0 Å². The van der Waals surface area contributed by atoms with Crippen LogP contribution in [0.2, 0.25) is 0 Å². The first-order valence-corrected chi connectivity index (χ1v) is 3.77. The van der Waals surface area contributed by atoms with E-state index < -0.39 is 0 Å². The van der Waals surface area contributed by atoms with E-state index in [9.17, 15) is 0 Å². The first kappa shape index (κ1) is 10.9. The van der Waals surface area contributed by atoms with Gasteiger partial charge in [0.2, 0.25) is 0 Å². The Hall–Kier alpha value is -1.10. The van der Waals surface area contributed by atoms with Crippen molar-refractivity contribution in [2.24, 2.45) is 0 Å². The van der Waals surface area contributed by atoms with Gasteiger partial charge in [0.05, 0.1) is 7.11 Å². The van der Waals surface area contributed by atoms with Crippen LogP contribution in [0, 0.1) is 0 Å². The number of rotatable bonds is 1. The average molecular weight is 234 g/mol. The molecule has 0 unspecified atom stereocenters. The Balaban J connectivity index is 0.000000354. The van der Waals surface area contributed by atoms with Crippen LogP contribution in [0.15, 0.2) is 22.9 Å². The number of carbonyl (C=O) groups is 1. The molecule has 0 amide bonds. The summed E-state index contributed by atoms with van der Waals surface area (Å²) in [5.74, 6) is 0.817. The Bertz CT molecular complexity index is 242. The van der Waals surface area contributed by atoms with Gasteiger partial charge in [-0.25, -0.2) is 4.98 Å². The Morgan fingerprint density at radius 3 is 2.67 bits per heavy atom. The number of nitrogens with zero attached hydrogens (tertiary/aromatic N) is 1. The van der Waals surface area contributed by atoms with Gasteiger partial charge in [-0.15, -0.1) is 0 Å². The lowest BCUT2D eigenvalue weighted by Gasteiger charge is -1.96. The Kier molecular flexibility index (Phi) is 6.00. The lowest BCUT2D eigenvalue weighted by molar-refractivity contribution is -0.122. The number of carboxylic acid groups (broad SMARTS) is 1. The zero-order valence-corrected chi connectivity index (χ0v) is 7.98. The summed E-state index contributed by atoms with van der Waals surface area (Å²) in [6.45, 7) is -0.250. The van der Waals surface area contributed by atoms with E-state index in [1.807, 2.05) is 0 Å². The summed E-state index contributed by atoms with van der Waals surface area (Å²) < 4.78 is 5.72. The highest BCUT2D eigenvalue weighted by atomic mass is 79.9. The van der Waals surface area contributed by atoms with Crippen molar-refractivity contribution in [3.8, 4) is 5.75 Å². The smallest absolute Gasteiger partial charge is 0.290 e. The Morgan fingerprint density at radius 2 is 2.33 bits per heavy atom. The van der Waals surface area contributed by atoms with Crippen molar-refractivity contribution in [2.75, 3.05) is 7.11 Å². The van der Waals surface area contributed by atoms with E-state index in [-0.39, 0.29) is 6.47 Å². The molecule has 1 aromatic heterocycles. The van der Waals surface area contributed by atoms with Gasteiger partial charge in [-0.05, 0) is 22.0 Å². The quantitative estimate of drug-likeness (QED) is 0.591. The molecule has 0 aliphatic rings. The lowest BCUT2D eigenvalue weighted by Crippen LogP contribution is -1.82. The second-order valence-electron chi connectivity index (χ2n) is 1.62. The van der Waals surface area contributed by atoms with Gasteiger partial charge in [-0.3, -0.25) is 4.79 Å². The highest BCUT2D eigenvalue weighted by Gasteiger charge is 1.89. The van der Waals surface area contributed by atoms with E-state index in [2.05, 4.69) is 20.9 Å². The van der Waals surface area contributed by atoms with Crippen LogP contribution >= 0.6 is 15.9 Å². The largest absolute Gasteiger partial charge is 0.497 e. The second-order valence-corrected chi connectivity index (χ2v) is 2.44. The standard InChI is InChI=1S/C6H6BrNO.CH2O2/c1-9-5-2-3-8-6(7)4-5;2-1-3/h2-4H,1H3;1H,(H,2,3). The van der Waals surface area contributed by atoms with Crippen LogP contribution in [0.4, 0.5) is 0 Å². The number of hydrogen-bond donors (Lipinski definition) is 1. The number of pyridine rings is 1. The molecule has 66 valence electrons. The summed E-state index contributed by atoms with van der Waals surface area (Å²) in [5, 5.41) is 6.89. The highest BCUT2D eigenvalue weighted by Crippen LogP contribution is 2.13. The molecule has 0 aromatic carbocycles. The van der Waals surface area contributed by atoms with E-state index in [1.165, 1.54) is 0 Å². The van der Waals surface area contributed by atoms with Crippen molar-refractivity contribution in [3.05, 3.63) is 22.9 Å². The second kappa shape index (κ2) is 6.60. The fourth-order valence-corrected chi connectivity index (χ4v) is 0.856. The fourth-order valence-electron chi connectivity index (χ4n) is 0.512. The molecule has 0 fully saturated rings. The molecule has 5 heteroatoms. The Labute approximate surface area is 78.3 Å². The molecule has 12 heavy (non-hydrogen) atoms. The van der Waals surface area contributed by atoms with Gasteiger partial charge in [0.15, 0.2) is 0 Å². The zero-order valence-electron chi connectivity index (χ0n) is 6.40. The van der Waals surface area contributed by atoms with Crippen LogP contribution in [0.1, 0.15) is 0 Å². The predicted molar refractivity (Wildman–Crippen MR) is 47.2 cm³/mol. The fraction of sp³-hybridized carbons (Fsp3) is 0.143. The predicted octanol–water partition coefficient (Wildman–Crippen LogP) is 1.55. The van der Waals surface area contributed by atoms with Gasteiger partial charge in [-0.1, -0.05) is 0 Å². The maximum atomic E-state index is 8.36. The molecule has 1 N–H and O–H groups in total. The molecule has 0 aliphatic carbocycles. The summed E-state index contributed by atoms with van der Waals surface area (Å²) in [5.41, 5.74) is 0. The molecule has 1 aromatic rings. The molecule has 0 bridgehead atoms. The molecule has 0 saturated heterocycles. The topological polar surface area (TPSA) is 59.4 Å². The van der Waals surface area contributed by atoms with E-state index in [4.69, 9.17) is 14.6 Å². The van der Waals surface area contributed by atoms with Gasteiger partial charge in [0, 0.05) is 12.3 Å². The first-order valence-electron chi connectivity index (χ1n) is 2.98. The molecule has 0 spiro atoms. The molecular formula is C7H8BrNO3. The van der Waals surface area contributed by atoms with Crippen LogP contribution in [-0.4, -0.2) is 23.7 Å². The number of aromatic nitrogens is 1. The maximum Gasteiger partial charge on any atom is 0.290 e. The molecule has 1 rings (SSSR count). The monoisotopic (exact) mass is 233 g/mol.